The van der Waals surface area contributed by atoms with Gasteiger partial charge in [-0.25, -0.2) is 0 Å². The van der Waals surface area contributed by atoms with E-state index in [4.69, 9.17) is 18.9 Å². The van der Waals surface area contributed by atoms with Crippen molar-refractivity contribution in [2.24, 2.45) is 0 Å². The molecule has 0 unspecified atom stereocenters. The molecule has 1 N–H and O–H groups in total. The maximum Gasteiger partial charge on any atom is 0.295 e. The highest BCUT2D eigenvalue weighted by molar-refractivity contribution is 6.46. The molecule has 2 aliphatic heterocycles. The molecule has 2 saturated heterocycles. The summed E-state index contributed by atoms with van der Waals surface area (Å²) in [6, 6.07) is 11.4. The predicted octanol–water partition coefficient (Wildman–Crippen LogP) is 3.64. The van der Waals surface area contributed by atoms with E-state index in [9.17, 15) is 14.7 Å². The van der Waals surface area contributed by atoms with Crippen LogP contribution in [-0.2, 0) is 14.3 Å². The highest BCUT2D eigenvalue weighted by Gasteiger charge is 2.46. The zero-order valence-electron chi connectivity index (χ0n) is 22.3. The van der Waals surface area contributed by atoms with Crippen molar-refractivity contribution in [1.82, 2.24) is 9.80 Å². The van der Waals surface area contributed by atoms with Gasteiger partial charge in [0, 0.05) is 31.7 Å². The van der Waals surface area contributed by atoms with E-state index < -0.39 is 17.7 Å². The SMILES string of the molecule is CCCOc1ccc([C@H]2C(=C(O)c3ccc(OCC)cc3)C(=O)C(=O)N2CCN2CCOCC2)cc1OC. The number of hydrogen-bond donors (Lipinski definition) is 1. The molecule has 9 nitrogen and oxygen atoms in total. The zero-order chi connectivity index (χ0) is 27.1. The van der Waals surface area contributed by atoms with Crippen LogP contribution in [0.2, 0.25) is 0 Å². The fourth-order valence-electron chi connectivity index (χ4n) is 4.75. The minimum Gasteiger partial charge on any atom is -0.507 e. The van der Waals surface area contributed by atoms with Gasteiger partial charge in [0.1, 0.15) is 11.5 Å². The molecule has 9 heteroatoms. The molecule has 0 aliphatic carbocycles. The van der Waals surface area contributed by atoms with Crippen LogP contribution in [-0.4, -0.2) is 86.3 Å². The second kappa shape index (κ2) is 12.8. The third kappa shape index (κ3) is 5.95. The van der Waals surface area contributed by atoms with Gasteiger partial charge < -0.3 is 29.0 Å². The van der Waals surface area contributed by atoms with Crippen LogP contribution in [0.1, 0.15) is 37.4 Å². The average Bonchev–Trinajstić information content (AvgIpc) is 3.20. The van der Waals surface area contributed by atoms with Crippen molar-refractivity contribution in [1.29, 1.82) is 0 Å². The Morgan fingerprint density at radius 3 is 2.39 bits per heavy atom. The number of carbonyl (C=O) groups is 2. The molecular formula is C29H36N2O7. The van der Waals surface area contributed by atoms with Crippen LogP contribution in [0.25, 0.3) is 5.76 Å². The standard InChI is InChI=1S/C29H36N2O7/c1-4-16-38-23-11-8-21(19-24(23)35-3)26-25(27(32)20-6-9-22(10-7-20)37-5-2)28(33)29(34)31(26)13-12-30-14-17-36-18-15-30/h6-11,19,26,32H,4-5,12-18H2,1-3H3/t26-/m0/s1. The molecule has 0 bridgehead atoms. The normalized spacial score (nSPS) is 19.6. The van der Waals surface area contributed by atoms with Crippen LogP contribution >= 0.6 is 0 Å². The van der Waals surface area contributed by atoms with Gasteiger partial charge in [-0.1, -0.05) is 13.0 Å². The number of ether oxygens (including phenoxy) is 4. The highest BCUT2D eigenvalue weighted by atomic mass is 16.5. The Kier molecular flexibility index (Phi) is 9.25. The van der Waals surface area contributed by atoms with Crippen LogP contribution < -0.4 is 14.2 Å². The number of aliphatic hydroxyl groups excluding tert-OH is 1. The number of hydrogen-bond acceptors (Lipinski definition) is 8. The zero-order valence-corrected chi connectivity index (χ0v) is 22.3. The lowest BCUT2D eigenvalue weighted by Gasteiger charge is -2.31. The van der Waals surface area contributed by atoms with Crippen LogP contribution in [0.5, 0.6) is 17.2 Å². The maximum atomic E-state index is 13.4. The quantitative estimate of drug-likeness (QED) is 0.270. The topological polar surface area (TPSA) is 97.8 Å². The number of likely N-dealkylation sites (tertiary alicyclic amines) is 1. The van der Waals surface area contributed by atoms with Gasteiger partial charge in [-0.15, -0.1) is 0 Å². The minimum atomic E-state index is -0.781. The van der Waals surface area contributed by atoms with Crippen LogP contribution in [0.4, 0.5) is 0 Å². The summed E-state index contributed by atoms with van der Waals surface area (Å²) >= 11 is 0. The number of carbonyl (C=O) groups excluding carboxylic acids is 2. The number of nitrogens with zero attached hydrogens (tertiary/aromatic N) is 2. The molecule has 0 radical (unpaired) electrons. The monoisotopic (exact) mass is 524 g/mol. The summed E-state index contributed by atoms with van der Waals surface area (Å²) in [6.07, 6.45) is 0.842. The highest BCUT2D eigenvalue weighted by Crippen LogP contribution is 2.42. The molecule has 1 atom stereocenters. The molecule has 2 fully saturated rings. The van der Waals surface area contributed by atoms with Gasteiger partial charge in [0.2, 0.25) is 0 Å². The van der Waals surface area contributed by atoms with Gasteiger partial charge in [-0.2, -0.15) is 0 Å². The summed E-state index contributed by atoms with van der Waals surface area (Å²) in [5.41, 5.74) is 1.13. The first-order valence-corrected chi connectivity index (χ1v) is 13.1. The predicted molar refractivity (Wildman–Crippen MR) is 143 cm³/mol. The van der Waals surface area contributed by atoms with E-state index in [2.05, 4.69) is 4.90 Å². The minimum absolute atomic E-state index is 0.0467. The Hall–Kier alpha value is -3.56. The van der Waals surface area contributed by atoms with Gasteiger partial charge in [-0.05, 0) is 55.3 Å². The van der Waals surface area contributed by atoms with Crippen molar-refractivity contribution in [3.8, 4) is 17.2 Å². The van der Waals surface area contributed by atoms with E-state index in [1.807, 2.05) is 19.9 Å². The van der Waals surface area contributed by atoms with Crippen LogP contribution in [0.3, 0.4) is 0 Å². The molecule has 2 aliphatic rings. The molecule has 0 aromatic heterocycles. The van der Waals surface area contributed by atoms with E-state index in [1.54, 1.807) is 48.4 Å². The fraction of sp³-hybridized carbons (Fsp3) is 0.448. The Bertz CT molecular complexity index is 1160. The third-order valence-electron chi connectivity index (χ3n) is 6.70. The van der Waals surface area contributed by atoms with E-state index in [0.717, 1.165) is 19.5 Å². The van der Waals surface area contributed by atoms with Gasteiger partial charge in [-0.3, -0.25) is 14.5 Å². The van der Waals surface area contributed by atoms with Crippen molar-refractivity contribution < 1.29 is 33.6 Å². The molecule has 2 heterocycles. The lowest BCUT2D eigenvalue weighted by Crippen LogP contribution is -2.42. The summed E-state index contributed by atoms with van der Waals surface area (Å²) in [6.45, 7) is 8.66. The molecule has 2 aromatic carbocycles. The molecule has 2 aromatic rings. The Morgan fingerprint density at radius 2 is 1.74 bits per heavy atom. The van der Waals surface area contributed by atoms with Gasteiger partial charge >= 0.3 is 0 Å². The Labute approximate surface area is 223 Å². The Morgan fingerprint density at radius 1 is 1.00 bits per heavy atom. The van der Waals surface area contributed by atoms with Gasteiger partial charge in [0.15, 0.2) is 11.5 Å². The molecule has 0 spiro atoms. The number of morpholine rings is 1. The number of Topliss-reactive ketones (excluding diaryl/α,β-unsaturated/α-hetero) is 1. The van der Waals surface area contributed by atoms with Gasteiger partial charge in [0.05, 0.1) is 45.2 Å². The second-order valence-electron chi connectivity index (χ2n) is 9.16. The first-order chi connectivity index (χ1) is 18.5. The Balaban J connectivity index is 1.74. The third-order valence-corrected chi connectivity index (χ3v) is 6.70. The first-order valence-electron chi connectivity index (χ1n) is 13.1. The van der Waals surface area contributed by atoms with E-state index in [1.165, 1.54) is 0 Å². The van der Waals surface area contributed by atoms with Crippen molar-refractivity contribution in [2.45, 2.75) is 26.3 Å². The maximum absolute atomic E-state index is 13.4. The van der Waals surface area contributed by atoms with Crippen molar-refractivity contribution in [3.63, 3.8) is 0 Å². The molecule has 204 valence electrons. The van der Waals surface area contributed by atoms with Crippen LogP contribution in [0, 0.1) is 0 Å². The summed E-state index contributed by atoms with van der Waals surface area (Å²) in [4.78, 5) is 30.4. The number of benzene rings is 2. The fourth-order valence-corrected chi connectivity index (χ4v) is 4.75. The second-order valence-corrected chi connectivity index (χ2v) is 9.16. The summed E-state index contributed by atoms with van der Waals surface area (Å²) in [5, 5.41) is 11.3. The summed E-state index contributed by atoms with van der Waals surface area (Å²) < 4.78 is 22.3. The van der Waals surface area contributed by atoms with Crippen LogP contribution in [0.15, 0.2) is 48.0 Å². The van der Waals surface area contributed by atoms with Gasteiger partial charge in [0.25, 0.3) is 11.7 Å². The first kappa shape index (κ1) is 27.5. The average molecular weight is 525 g/mol. The van der Waals surface area contributed by atoms with Crippen molar-refractivity contribution in [3.05, 3.63) is 59.2 Å². The molecule has 0 saturated carbocycles. The molecular weight excluding hydrogens is 488 g/mol. The smallest absolute Gasteiger partial charge is 0.295 e. The molecule has 1 amide bonds. The number of ketones is 1. The summed E-state index contributed by atoms with van der Waals surface area (Å²) in [5.74, 6) is 0.148. The molecule has 38 heavy (non-hydrogen) atoms. The van der Waals surface area contributed by atoms with Crippen molar-refractivity contribution in [2.75, 3.05) is 59.7 Å². The number of amides is 1. The van der Waals surface area contributed by atoms with E-state index in [0.29, 0.717) is 67.9 Å². The van der Waals surface area contributed by atoms with E-state index in [-0.39, 0.29) is 11.3 Å². The van der Waals surface area contributed by atoms with Crippen molar-refractivity contribution >= 4 is 17.4 Å². The summed E-state index contributed by atoms with van der Waals surface area (Å²) in [7, 11) is 1.55. The molecule has 4 rings (SSSR count). The number of rotatable bonds is 11. The van der Waals surface area contributed by atoms with E-state index >= 15 is 0 Å². The largest absolute Gasteiger partial charge is 0.507 e. The number of aliphatic hydroxyl groups is 1. The lowest BCUT2D eigenvalue weighted by molar-refractivity contribution is -0.140. The lowest BCUT2D eigenvalue weighted by atomic mass is 9.95. The number of methoxy groups -OCH3 is 1.